The average molecular weight is 470 g/mol. The smallest absolute Gasteiger partial charge is 0.399 e. The summed E-state index contributed by atoms with van der Waals surface area (Å²) in [5, 5.41) is 3.68. The number of thiophene rings is 1. The van der Waals surface area contributed by atoms with Gasteiger partial charge in [0.1, 0.15) is 24.0 Å². The van der Waals surface area contributed by atoms with E-state index in [0.29, 0.717) is 11.1 Å². The van der Waals surface area contributed by atoms with Crippen LogP contribution < -0.4 is 10.1 Å². The number of halogens is 3. The van der Waals surface area contributed by atoms with Gasteiger partial charge in [-0.25, -0.2) is 18.0 Å². The van der Waals surface area contributed by atoms with Gasteiger partial charge in [-0.3, -0.25) is 9.69 Å². The highest BCUT2D eigenvalue weighted by Gasteiger charge is 2.21. The molecule has 4 aromatic rings. The van der Waals surface area contributed by atoms with Crippen LogP contribution in [-0.2, 0) is 11.3 Å². The molecule has 0 spiro atoms. The Balaban J connectivity index is 1.53. The number of fused-ring (bicyclic) bond motifs is 1. The van der Waals surface area contributed by atoms with Gasteiger partial charge in [0.15, 0.2) is 5.06 Å². The second-order valence-corrected chi connectivity index (χ2v) is 8.21. The Hall–Kier alpha value is -3.85. The summed E-state index contributed by atoms with van der Waals surface area (Å²) in [6.07, 6.45) is -0.874. The summed E-state index contributed by atoms with van der Waals surface area (Å²) in [5.74, 6) is -2.80. The lowest BCUT2D eigenvalue weighted by Crippen LogP contribution is -2.39. The molecule has 0 atom stereocenters. The zero-order chi connectivity index (χ0) is 23.4. The Morgan fingerprint density at radius 1 is 0.879 bits per heavy atom. The van der Waals surface area contributed by atoms with Crippen molar-refractivity contribution in [3.05, 3.63) is 95.8 Å². The molecule has 1 N–H and O–H groups in total. The molecule has 0 fully saturated rings. The summed E-state index contributed by atoms with van der Waals surface area (Å²) in [6.45, 7) is -0.770. The van der Waals surface area contributed by atoms with E-state index in [1.165, 1.54) is 29.5 Å². The minimum absolute atomic E-state index is 0.138. The maximum Gasteiger partial charge on any atom is 0.416 e. The van der Waals surface area contributed by atoms with E-state index < -0.39 is 36.0 Å². The van der Waals surface area contributed by atoms with Crippen molar-refractivity contribution in [1.29, 1.82) is 0 Å². The summed E-state index contributed by atoms with van der Waals surface area (Å²) in [4.78, 5) is 26.4. The van der Waals surface area contributed by atoms with Crippen molar-refractivity contribution in [2.24, 2.45) is 0 Å². The number of rotatable bonds is 6. The number of amides is 2. The number of nitrogens with one attached hydrogen (secondary N) is 1. The van der Waals surface area contributed by atoms with Crippen LogP contribution in [0, 0.1) is 17.5 Å². The molecule has 0 unspecified atom stereocenters. The molecule has 9 heteroatoms. The summed E-state index contributed by atoms with van der Waals surface area (Å²) in [5.41, 5.74) is 0.342. The first-order valence-corrected chi connectivity index (χ1v) is 10.6. The Labute approximate surface area is 191 Å². The molecule has 0 saturated heterocycles. The van der Waals surface area contributed by atoms with Gasteiger partial charge in [-0.2, -0.15) is 0 Å². The number of benzene rings is 3. The van der Waals surface area contributed by atoms with E-state index in [1.54, 1.807) is 6.07 Å². The predicted molar refractivity (Wildman–Crippen MR) is 120 cm³/mol. The molecule has 4 rings (SSSR count). The minimum Gasteiger partial charge on any atom is -0.399 e. The molecule has 5 nitrogen and oxygen atoms in total. The summed E-state index contributed by atoms with van der Waals surface area (Å²) in [7, 11) is 0. The Morgan fingerprint density at radius 2 is 1.64 bits per heavy atom. The quantitative estimate of drug-likeness (QED) is 0.378. The largest absolute Gasteiger partial charge is 0.416 e. The van der Waals surface area contributed by atoms with E-state index in [-0.39, 0.29) is 17.8 Å². The van der Waals surface area contributed by atoms with Crippen molar-refractivity contribution in [3.8, 4) is 5.06 Å². The van der Waals surface area contributed by atoms with Gasteiger partial charge in [0.2, 0.25) is 5.91 Å². The van der Waals surface area contributed by atoms with Crippen LogP contribution in [0.5, 0.6) is 5.06 Å². The molecular formula is C24H17F3N2O3S. The highest BCUT2D eigenvalue weighted by atomic mass is 32.1. The fourth-order valence-electron chi connectivity index (χ4n) is 3.21. The van der Waals surface area contributed by atoms with Crippen molar-refractivity contribution < 1.29 is 27.5 Å². The third-order valence-electron chi connectivity index (χ3n) is 4.59. The second kappa shape index (κ2) is 9.74. The molecule has 0 aliphatic carbocycles. The van der Waals surface area contributed by atoms with Gasteiger partial charge >= 0.3 is 6.09 Å². The van der Waals surface area contributed by atoms with E-state index >= 15 is 0 Å². The number of carbonyl (C=O) groups is 2. The molecule has 3 aromatic carbocycles. The molecule has 1 heterocycles. The first kappa shape index (κ1) is 22.3. The molecule has 168 valence electrons. The third-order valence-corrected chi connectivity index (χ3v) is 5.58. The maximum absolute atomic E-state index is 13.6. The standard InChI is InChI=1S/C24H17F3N2O3S/c25-17-5-3-6-20(12-17)28-22(30)14-29(13-15-8-18(26)11-19(27)9-15)24(31)32-23-10-16-4-1-2-7-21(16)33-23/h1-12H,13-14H2,(H,28,30). The lowest BCUT2D eigenvalue weighted by Gasteiger charge is -2.21. The van der Waals surface area contributed by atoms with Crippen LogP contribution in [0.1, 0.15) is 5.56 Å². The summed E-state index contributed by atoms with van der Waals surface area (Å²) in [6, 6.07) is 17.2. The second-order valence-electron chi connectivity index (χ2n) is 7.16. The van der Waals surface area contributed by atoms with Crippen molar-refractivity contribution >= 4 is 39.1 Å². The van der Waals surface area contributed by atoms with Gasteiger partial charge < -0.3 is 10.1 Å². The number of ether oxygens (including phenoxy) is 1. The van der Waals surface area contributed by atoms with Crippen molar-refractivity contribution in [2.45, 2.75) is 6.54 Å². The summed E-state index contributed by atoms with van der Waals surface area (Å²) < 4.78 is 47.0. The molecule has 33 heavy (non-hydrogen) atoms. The summed E-state index contributed by atoms with van der Waals surface area (Å²) >= 11 is 1.25. The van der Waals surface area contributed by atoms with Crippen LogP contribution >= 0.6 is 11.3 Å². The van der Waals surface area contributed by atoms with Crippen molar-refractivity contribution in [2.75, 3.05) is 11.9 Å². The van der Waals surface area contributed by atoms with E-state index in [0.717, 1.165) is 33.2 Å². The minimum atomic E-state index is -0.874. The molecule has 0 aliphatic heterocycles. The fourth-order valence-corrected chi connectivity index (χ4v) is 4.11. The highest BCUT2D eigenvalue weighted by Crippen LogP contribution is 2.31. The molecule has 1 aromatic heterocycles. The van der Waals surface area contributed by atoms with Crippen LogP contribution in [0.25, 0.3) is 10.1 Å². The lowest BCUT2D eigenvalue weighted by atomic mass is 10.2. The third kappa shape index (κ3) is 5.89. The Kier molecular flexibility index (Phi) is 6.60. The molecule has 0 bridgehead atoms. The number of hydrogen-bond donors (Lipinski definition) is 1. The van der Waals surface area contributed by atoms with E-state index in [2.05, 4.69) is 5.32 Å². The monoisotopic (exact) mass is 470 g/mol. The fraction of sp³-hybridized carbons (Fsp3) is 0.0833. The van der Waals surface area contributed by atoms with E-state index in [9.17, 15) is 22.8 Å². The zero-order valence-corrected chi connectivity index (χ0v) is 17.9. The zero-order valence-electron chi connectivity index (χ0n) is 17.1. The molecule has 0 saturated carbocycles. The topological polar surface area (TPSA) is 58.6 Å². The predicted octanol–water partition coefficient (Wildman–Crippen LogP) is 5.96. The first-order chi connectivity index (χ1) is 15.9. The van der Waals surface area contributed by atoms with Crippen molar-refractivity contribution in [3.63, 3.8) is 0 Å². The maximum atomic E-state index is 13.6. The average Bonchev–Trinajstić information content (AvgIpc) is 3.14. The highest BCUT2D eigenvalue weighted by molar-refractivity contribution is 7.20. The lowest BCUT2D eigenvalue weighted by molar-refractivity contribution is -0.117. The molecule has 0 aliphatic rings. The van der Waals surface area contributed by atoms with Gasteiger partial charge in [-0.05, 0) is 47.3 Å². The van der Waals surface area contributed by atoms with E-state index in [4.69, 9.17) is 4.74 Å². The number of hydrogen-bond acceptors (Lipinski definition) is 4. The van der Waals surface area contributed by atoms with Crippen LogP contribution in [0.3, 0.4) is 0 Å². The van der Waals surface area contributed by atoms with Gasteiger partial charge in [0.05, 0.1) is 0 Å². The Bertz CT molecular complexity index is 1270. The van der Waals surface area contributed by atoms with Crippen LogP contribution in [0.4, 0.5) is 23.7 Å². The van der Waals surface area contributed by atoms with Crippen LogP contribution in [0.15, 0.2) is 72.8 Å². The number of anilines is 1. The normalized spacial score (nSPS) is 10.8. The van der Waals surface area contributed by atoms with Gasteiger partial charge in [0.25, 0.3) is 0 Å². The molecular weight excluding hydrogens is 453 g/mol. The van der Waals surface area contributed by atoms with E-state index in [1.807, 2.05) is 24.3 Å². The molecule has 0 radical (unpaired) electrons. The van der Waals surface area contributed by atoms with Crippen LogP contribution in [0.2, 0.25) is 0 Å². The van der Waals surface area contributed by atoms with Gasteiger partial charge in [-0.15, -0.1) is 0 Å². The first-order valence-electron chi connectivity index (χ1n) is 9.81. The van der Waals surface area contributed by atoms with Gasteiger partial charge in [0, 0.05) is 29.1 Å². The number of carbonyl (C=O) groups excluding carboxylic acids is 2. The van der Waals surface area contributed by atoms with Crippen LogP contribution in [-0.4, -0.2) is 23.4 Å². The number of nitrogens with zero attached hydrogens (tertiary/aromatic N) is 1. The van der Waals surface area contributed by atoms with Crippen molar-refractivity contribution in [1.82, 2.24) is 4.90 Å². The Morgan fingerprint density at radius 3 is 2.36 bits per heavy atom. The van der Waals surface area contributed by atoms with Gasteiger partial charge in [-0.1, -0.05) is 35.6 Å². The SMILES string of the molecule is O=C(CN(Cc1cc(F)cc(F)c1)C(=O)Oc1cc2ccccc2s1)Nc1cccc(F)c1. The molecule has 2 amide bonds.